The molecule has 1 aromatic rings. The van der Waals surface area contributed by atoms with E-state index >= 15 is 0 Å². The van der Waals surface area contributed by atoms with Gasteiger partial charge in [0.05, 0.1) is 12.5 Å². The summed E-state index contributed by atoms with van der Waals surface area (Å²) >= 11 is 5.36. The maximum Gasteiger partial charge on any atom is 0.573 e. The molecule has 0 aliphatic heterocycles. The van der Waals surface area contributed by atoms with Crippen molar-refractivity contribution in [1.82, 2.24) is 4.98 Å². The van der Waals surface area contributed by atoms with Crippen molar-refractivity contribution in [3.63, 3.8) is 0 Å². The summed E-state index contributed by atoms with van der Waals surface area (Å²) < 4.78 is 57.7. The van der Waals surface area contributed by atoms with Crippen LogP contribution in [-0.4, -0.2) is 23.9 Å². The molecule has 0 unspecified atom stereocenters. The molecule has 9 heteroatoms. The monoisotopic (exact) mass is 301 g/mol. The Bertz CT molecular complexity index is 479. The average molecular weight is 302 g/mol. The van der Waals surface area contributed by atoms with Crippen molar-refractivity contribution in [2.45, 2.75) is 19.2 Å². The average Bonchev–Trinajstić information content (AvgIpc) is 2.30. The first-order valence-corrected chi connectivity index (χ1v) is 5.50. The van der Waals surface area contributed by atoms with Crippen molar-refractivity contribution in [2.24, 2.45) is 0 Å². The van der Waals surface area contributed by atoms with Crippen LogP contribution in [0.3, 0.4) is 0 Å². The molecule has 1 rings (SSSR count). The Morgan fingerprint density at radius 1 is 1.47 bits per heavy atom. The second-order valence-electron chi connectivity index (χ2n) is 3.17. The minimum Gasteiger partial charge on any atom is -0.461 e. The van der Waals surface area contributed by atoms with Gasteiger partial charge in [0.1, 0.15) is 5.69 Å². The summed E-state index contributed by atoms with van der Waals surface area (Å²) in [6.07, 6.45) is -5.09. The molecule has 1 heterocycles. The molecule has 0 atom stereocenters. The number of aromatic nitrogens is 1. The van der Waals surface area contributed by atoms with Gasteiger partial charge in [-0.2, -0.15) is 0 Å². The molecule has 0 aliphatic rings. The zero-order valence-corrected chi connectivity index (χ0v) is 10.3. The van der Waals surface area contributed by atoms with Crippen LogP contribution in [0.4, 0.5) is 17.6 Å². The van der Waals surface area contributed by atoms with Crippen molar-refractivity contribution in [1.29, 1.82) is 0 Å². The van der Waals surface area contributed by atoms with Gasteiger partial charge in [-0.3, -0.25) is 0 Å². The van der Waals surface area contributed by atoms with Gasteiger partial charge in [0.15, 0.2) is 17.3 Å². The Morgan fingerprint density at radius 2 is 2.11 bits per heavy atom. The zero-order chi connectivity index (χ0) is 14.6. The first-order valence-electron chi connectivity index (χ1n) is 4.96. The maximum absolute atomic E-state index is 13.5. The van der Waals surface area contributed by atoms with Crippen LogP contribution in [-0.2, 0) is 10.6 Å². The summed E-state index contributed by atoms with van der Waals surface area (Å²) in [7, 11) is 0. The quantitative estimate of drug-likeness (QED) is 0.487. The molecule has 0 N–H and O–H groups in total. The number of rotatable bonds is 4. The molecule has 0 saturated heterocycles. The van der Waals surface area contributed by atoms with E-state index in [9.17, 15) is 22.4 Å². The van der Waals surface area contributed by atoms with Crippen LogP contribution >= 0.6 is 11.6 Å². The van der Waals surface area contributed by atoms with Crippen LogP contribution in [0, 0.1) is 5.82 Å². The molecule has 0 bridgehead atoms. The van der Waals surface area contributed by atoms with Gasteiger partial charge in [0.2, 0.25) is 0 Å². The highest BCUT2D eigenvalue weighted by Crippen LogP contribution is 2.29. The fourth-order valence-corrected chi connectivity index (χ4v) is 1.36. The molecular weight excluding hydrogens is 294 g/mol. The molecule has 4 nitrogen and oxygen atoms in total. The van der Waals surface area contributed by atoms with E-state index in [0.717, 1.165) is 0 Å². The number of pyridine rings is 1. The van der Waals surface area contributed by atoms with Crippen molar-refractivity contribution < 1.29 is 31.8 Å². The number of alkyl halides is 4. The van der Waals surface area contributed by atoms with Crippen LogP contribution in [0.5, 0.6) is 5.75 Å². The smallest absolute Gasteiger partial charge is 0.461 e. The predicted molar refractivity (Wildman–Crippen MR) is 56.4 cm³/mol. The van der Waals surface area contributed by atoms with Gasteiger partial charge in [-0.05, 0) is 6.92 Å². The summed E-state index contributed by atoms with van der Waals surface area (Å²) in [5.41, 5.74) is -1.02. The number of hydrogen-bond donors (Lipinski definition) is 0. The lowest BCUT2D eigenvalue weighted by Gasteiger charge is -2.13. The molecule has 19 heavy (non-hydrogen) atoms. The van der Waals surface area contributed by atoms with Gasteiger partial charge < -0.3 is 9.47 Å². The van der Waals surface area contributed by atoms with Gasteiger partial charge in [-0.1, -0.05) is 0 Å². The zero-order valence-electron chi connectivity index (χ0n) is 9.55. The highest BCUT2D eigenvalue weighted by molar-refractivity contribution is 6.17. The van der Waals surface area contributed by atoms with Crippen LogP contribution in [0.25, 0.3) is 0 Å². The molecule has 0 amide bonds. The van der Waals surface area contributed by atoms with E-state index in [1.807, 2.05) is 0 Å². The summed E-state index contributed by atoms with van der Waals surface area (Å²) in [4.78, 5) is 14.8. The summed E-state index contributed by atoms with van der Waals surface area (Å²) in [6, 6.07) is 0.495. The fourth-order valence-electron chi connectivity index (χ4n) is 1.18. The minimum absolute atomic E-state index is 0.0130. The van der Waals surface area contributed by atoms with Crippen molar-refractivity contribution >= 4 is 17.6 Å². The topological polar surface area (TPSA) is 48.4 Å². The highest BCUT2D eigenvalue weighted by atomic mass is 35.5. The Balaban J connectivity index is 3.18. The van der Waals surface area contributed by atoms with Crippen molar-refractivity contribution in [3.8, 4) is 5.75 Å². The second-order valence-corrected chi connectivity index (χ2v) is 3.43. The van der Waals surface area contributed by atoms with Gasteiger partial charge in [-0.25, -0.2) is 14.2 Å². The van der Waals surface area contributed by atoms with Crippen LogP contribution in [0.15, 0.2) is 6.07 Å². The van der Waals surface area contributed by atoms with E-state index in [4.69, 9.17) is 11.6 Å². The van der Waals surface area contributed by atoms with Crippen LogP contribution < -0.4 is 4.74 Å². The lowest BCUT2D eigenvalue weighted by molar-refractivity contribution is -0.276. The van der Waals surface area contributed by atoms with Crippen molar-refractivity contribution in [2.75, 3.05) is 6.61 Å². The third kappa shape index (κ3) is 4.23. The van der Waals surface area contributed by atoms with Gasteiger partial charge in [-0.15, -0.1) is 24.8 Å². The standard InChI is InChI=1S/C10H8ClF4NO3/c1-2-18-9(17)6-3-5(12)8(7(4-11)16-6)19-10(13,14)15/h3H,2,4H2,1H3. The molecular formula is C10H8ClF4NO3. The van der Waals surface area contributed by atoms with E-state index in [-0.39, 0.29) is 6.61 Å². The molecule has 0 spiro atoms. The number of ether oxygens (including phenoxy) is 2. The lowest BCUT2D eigenvalue weighted by Crippen LogP contribution is -2.20. The lowest BCUT2D eigenvalue weighted by atomic mass is 10.2. The van der Waals surface area contributed by atoms with Crippen LogP contribution in [0.1, 0.15) is 23.1 Å². The number of hydrogen-bond acceptors (Lipinski definition) is 4. The van der Waals surface area contributed by atoms with Gasteiger partial charge in [0.25, 0.3) is 0 Å². The summed E-state index contributed by atoms with van der Waals surface area (Å²) in [5.74, 6) is -4.08. The minimum atomic E-state index is -5.09. The van der Waals surface area contributed by atoms with Gasteiger partial charge in [0, 0.05) is 6.07 Å². The van der Waals surface area contributed by atoms with E-state index in [1.165, 1.54) is 6.92 Å². The van der Waals surface area contributed by atoms with E-state index in [1.54, 1.807) is 0 Å². The summed E-state index contributed by atoms with van der Waals surface area (Å²) in [5, 5.41) is 0. The molecule has 0 fully saturated rings. The number of carbonyl (C=O) groups is 1. The molecule has 0 aromatic carbocycles. The van der Waals surface area contributed by atoms with E-state index in [2.05, 4.69) is 14.5 Å². The number of carbonyl (C=O) groups excluding carboxylic acids is 1. The fraction of sp³-hybridized carbons (Fsp3) is 0.400. The molecule has 0 saturated carbocycles. The third-order valence-electron chi connectivity index (χ3n) is 1.83. The molecule has 0 radical (unpaired) electrons. The maximum atomic E-state index is 13.5. The number of nitrogens with zero attached hydrogens (tertiary/aromatic N) is 1. The van der Waals surface area contributed by atoms with Gasteiger partial charge >= 0.3 is 12.3 Å². The third-order valence-corrected chi connectivity index (χ3v) is 2.08. The number of halogens is 5. The summed E-state index contributed by atoms with van der Waals surface area (Å²) in [6.45, 7) is 1.52. The Hall–Kier alpha value is -1.57. The molecule has 0 aliphatic carbocycles. The van der Waals surface area contributed by atoms with E-state index < -0.39 is 41.2 Å². The first-order chi connectivity index (χ1) is 8.78. The number of esters is 1. The normalized spacial score (nSPS) is 11.3. The Kier molecular flexibility index (Phi) is 4.93. The Labute approximate surface area is 110 Å². The Morgan fingerprint density at radius 3 is 2.58 bits per heavy atom. The predicted octanol–water partition coefficient (Wildman–Crippen LogP) is 3.03. The largest absolute Gasteiger partial charge is 0.573 e. The molecule has 106 valence electrons. The molecule has 1 aromatic heterocycles. The highest BCUT2D eigenvalue weighted by Gasteiger charge is 2.34. The van der Waals surface area contributed by atoms with Crippen LogP contribution in [0.2, 0.25) is 0 Å². The second kappa shape index (κ2) is 6.05. The first kappa shape index (κ1) is 15.5. The van der Waals surface area contributed by atoms with Crippen molar-refractivity contribution in [3.05, 3.63) is 23.3 Å². The van der Waals surface area contributed by atoms with E-state index in [0.29, 0.717) is 6.07 Å². The SMILES string of the molecule is CCOC(=O)c1cc(F)c(OC(F)(F)F)c(CCl)n1.